The van der Waals surface area contributed by atoms with E-state index >= 15 is 0 Å². The Kier molecular flexibility index (Phi) is 4.42. The number of nitriles is 1. The van der Waals surface area contributed by atoms with Crippen molar-refractivity contribution in [3.63, 3.8) is 0 Å². The molecule has 0 aromatic heterocycles. The van der Waals surface area contributed by atoms with Crippen LogP contribution < -0.4 is 0 Å². The van der Waals surface area contributed by atoms with Crippen LogP contribution in [-0.4, -0.2) is 22.6 Å². The number of allylic oxidation sites excluding steroid dienone is 2. The summed E-state index contributed by atoms with van der Waals surface area (Å²) in [5.74, 6) is -0.733. The fraction of sp³-hybridized carbons (Fsp3) is 0.421. The third-order valence-electron chi connectivity index (χ3n) is 4.15. The summed E-state index contributed by atoms with van der Waals surface area (Å²) in [7, 11) is 0. The van der Waals surface area contributed by atoms with Crippen molar-refractivity contribution in [3.8, 4) is 6.07 Å². The van der Waals surface area contributed by atoms with Crippen molar-refractivity contribution in [3.05, 3.63) is 47.2 Å². The first-order chi connectivity index (χ1) is 10.7. The number of benzene rings is 1. The molecule has 1 aromatic carbocycles. The van der Waals surface area contributed by atoms with Crippen LogP contribution in [0.25, 0.3) is 0 Å². The van der Waals surface area contributed by atoms with Gasteiger partial charge in [0.1, 0.15) is 11.2 Å². The molecular formula is C19H22N2O2. The second-order valence-corrected chi connectivity index (χ2v) is 7.10. The smallest absolute Gasteiger partial charge is 0.168 e. The van der Waals surface area contributed by atoms with Crippen LogP contribution in [0.3, 0.4) is 0 Å². The molecule has 2 atom stereocenters. The summed E-state index contributed by atoms with van der Waals surface area (Å²) < 4.78 is 0. The Morgan fingerprint density at radius 1 is 1.35 bits per heavy atom. The molecule has 2 unspecified atom stereocenters. The molecule has 0 heterocycles. The lowest BCUT2D eigenvalue weighted by atomic mass is 9.66. The van der Waals surface area contributed by atoms with Crippen LogP contribution >= 0.6 is 0 Å². The van der Waals surface area contributed by atoms with Crippen LogP contribution in [0.15, 0.2) is 46.7 Å². The van der Waals surface area contributed by atoms with Crippen LogP contribution in [0.5, 0.6) is 0 Å². The van der Waals surface area contributed by atoms with E-state index in [0.717, 1.165) is 5.56 Å². The van der Waals surface area contributed by atoms with Crippen molar-refractivity contribution in [1.82, 2.24) is 0 Å². The summed E-state index contributed by atoms with van der Waals surface area (Å²) in [6.07, 6.45) is 1.60. The van der Waals surface area contributed by atoms with E-state index in [9.17, 15) is 15.2 Å². The summed E-state index contributed by atoms with van der Waals surface area (Å²) in [5, 5.41) is 20.3. The minimum atomic E-state index is -1.14. The standard InChI is InChI=1S/C19H22N2O2/c1-18(2,3)21-11-14-16(22)10-15(13-8-6-5-7-9-13)19(4,12-20)17(14)23/h5-9,11,15,23H,10H2,1-4H3. The number of carbonyl (C=O) groups is 1. The van der Waals surface area contributed by atoms with Crippen molar-refractivity contribution < 1.29 is 9.90 Å². The highest BCUT2D eigenvalue weighted by Crippen LogP contribution is 2.47. The molecule has 1 aliphatic rings. The number of hydrogen-bond acceptors (Lipinski definition) is 4. The van der Waals surface area contributed by atoms with Crippen LogP contribution in [0.4, 0.5) is 0 Å². The fourth-order valence-corrected chi connectivity index (χ4v) is 2.74. The summed E-state index contributed by atoms with van der Waals surface area (Å²) >= 11 is 0. The van der Waals surface area contributed by atoms with Gasteiger partial charge in [-0.1, -0.05) is 30.3 Å². The summed E-state index contributed by atoms with van der Waals surface area (Å²) in [6, 6.07) is 11.6. The van der Waals surface area contributed by atoms with Gasteiger partial charge in [-0.25, -0.2) is 0 Å². The van der Waals surface area contributed by atoms with Gasteiger partial charge in [0.2, 0.25) is 0 Å². The zero-order valence-electron chi connectivity index (χ0n) is 14.0. The molecule has 1 N–H and O–H groups in total. The van der Waals surface area contributed by atoms with Gasteiger partial charge in [-0.05, 0) is 33.3 Å². The predicted molar refractivity (Wildman–Crippen MR) is 90.4 cm³/mol. The Hall–Kier alpha value is -2.41. The maximum atomic E-state index is 12.5. The molecule has 1 aliphatic carbocycles. The topological polar surface area (TPSA) is 73.5 Å². The maximum absolute atomic E-state index is 12.5. The number of Topliss-reactive ketones (excluding diaryl/α,β-unsaturated/α-hetero) is 1. The summed E-state index contributed by atoms with van der Waals surface area (Å²) in [6.45, 7) is 7.40. The van der Waals surface area contributed by atoms with Crippen LogP contribution in [0.2, 0.25) is 0 Å². The highest BCUT2D eigenvalue weighted by atomic mass is 16.3. The third-order valence-corrected chi connectivity index (χ3v) is 4.15. The molecule has 2 rings (SSSR count). The molecule has 4 heteroatoms. The van der Waals surface area contributed by atoms with E-state index in [2.05, 4.69) is 11.1 Å². The monoisotopic (exact) mass is 310 g/mol. The Balaban J connectivity index is 2.53. The van der Waals surface area contributed by atoms with E-state index in [-0.39, 0.29) is 35.0 Å². The number of aliphatic hydroxyl groups excluding tert-OH is 1. The van der Waals surface area contributed by atoms with E-state index in [1.54, 1.807) is 6.92 Å². The van der Waals surface area contributed by atoms with Crippen LogP contribution in [0.1, 0.15) is 45.6 Å². The van der Waals surface area contributed by atoms with Crippen molar-refractivity contribution >= 4 is 12.0 Å². The van der Waals surface area contributed by atoms with Crippen LogP contribution in [0, 0.1) is 16.7 Å². The minimum Gasteiger partial charge on any atom is -0.510 e. The van der Waals surface area contributed by atoms with Gasteiger partial charge in [0.15, 0.2) is 5.78 Å². The first kappa shape index (κ1) is 17.0. The highest BCUT2D eigenvalue weighted by molar-refractivity contribution is 6.15. The number of ketones is 1. The first-order valence-electron chi connectivity index (χ1n) is 7.67. The molecule has 0 aliphatic heterocycles. The van der Waals surface area contributed by atoms with E-state index < -0.39 is 5.41 Å². The molecule has 1 aromatic rings. The normalized spacial score (nSPS) is 25.7. The summed E-state index contributed by atoms with van der Waals surface area (Å²) in [5.41, 5.74) is -0.471. The van der Waals surface area contributed by atoms with Gasteiger partial charge in [0.25, 0.3) is 0 Å². The maximum Gasteiger partial charge on any atom is 0.168 e. The quantitative estimate of drug-likeness (QED) is 0.840. The van der Waals surface area contributed by atoms with Crippen molar-refractivity contribution in [2.45, 2.75) is 45.6 Å². The molecule has 0 spiro atoms. The number of nitrogens with zero attached hydrogens (tertiary/aromatic N) is 2. The molecule has 0 fully saturated rings. The number of carbonyl (C=O) groups excluding carboxylic acids is 1. The second-order valence-electron chi connectivity index (χ2n) is 7.10. The minimum absolute atomic E-state index is 0.149. The van der Waals surface area contributed by atoms with Gasteiger partial charge in [0.05, 0.1) is 17.2 Å². The number of rotatable bonds is 2. The Morgan fingerprint density at radius 2 is 1.96 bits per heavy atom. The van der Waals surface area contributed by atoms with Gasteiger partial charge in [-0.2, -0.15) is 5.26 Å². The molecule has 0 saturated carbocycles. The van der Waals surface area contributed by atoms with Gasteiger partial charge in [-0.3, -0.25) is 9.79 Å². The Morgan fingerprint density at radius 3 is 2.48 bits per heavy atom. The fourth-order valence-electron chi connectivity index (χ4n) is 2.74. The zero-order chi connectivity index (χ0) is 17.3. The second kappa shape index (κ2) is 6.00. The number of aliphatic hydroxyl groups is 1. The third kappa shape index (κ3) is 3.34. The molecule has 0 radical (unpaired) electrons. The first-order valence-corrected chi connectivity index (χ1v) is 7.67. The predicted octanol–water partition coefficient (Wildman–Crippen LogP) is 3.95. The summed E-state index contributed by atoms with van der Waals surface area (Å²) in [4.78, 5) is 16.8. The average Bonchev–Trinajstić information content (AvgIpc) is 2.50. The average molecular weight is 310 g/mol. The van der Waals surface area contributed by atoms with Gasteiger partial charge >= 0.3 is 0 Å². The van der Waals surface area contributed by atoms with Crippen LogP contribution in [-0.2, 0) is 4.79 Å². The van der Waals surface area contributed by atoms with E-state index in [4.69, 9.17) is 0 Å². The highest BCUT2D eigenvalue weighted by Gasteiger charge is 2.46. The van der Waals surface area contributed by atoms with E-state index in [1.807, 2.05) is 51.1 Å². The largest absolute Gasteiger partial charge is 0.510 e. The van der Waals surface area contributed by atoms with Gasteiger partial charge < -0.3 is 5.11 Å². The molecule has 0 bridgehead atoms. The molecular weight excluding hydrogens is 288 g/mol. The number of aliphatic imine (C=N–C) groups is 1. The van der Waals surface area contributed by atoms with E-state index in [1.165, 1.54) is 6.21 Å². The molecule has 0 amide bonds. The molecule has 4 nitrogen and oxygen atoms in total. The van der Waals surface area contributed by atoms with Crippen molar-refractivity contribution in [1.29, 1.82) is 5.26 Å². The molecule has 23 heavy (non-hydrogen) atoms. The van der Waals surface area contributed by atoms with Crippen molar-refractivity contribution in [2.75, 3.05) is 0 Å². The lowest BCUT2D eigenvalue weighted by Crippen LogP contribution is -2.35. The van der Waals surface area contributed by atoms with Gasteiger partial charge in [-0.15, -0.1) is 0 Å². The Labute approximate surface area is 137 Å². The van der Waals surface area contributed by atoms with Gasteiger partial charge in [0, 0.05) is 18.6 Å². The molecule has 0 saturated heterocycles. The lowest BCUT2D eigenvalue weighted by Gasteiger charge is -2.35. The Bertz CT molecular complexity index is 705. The van der Waals surface area contributed by atoms with Crippen molar-refractivity contribution in [2.24, 2.45) is 10.4 Å². The SMILES string of the molecule is CC(C)(C)N=CC1=C(O)C(C)(C#N)C(c2ccccc2)CC1=O. The molecule has 120 valence electrons. The lowest BCUT2D eigenvalue weighted by molar-refractivity contribution is -0.116. The van der Waals surface area contributed by atoms with E-state index in [0.29, 0.717) is 0 Å². The number of hydrogen-bond donors (Lipinski definition) is 1. The zero-order valence-corrected chi connectivity index (χ0v) is 14.0.